The quantitative estimate of drug-likeness (QED) is 0.895. The fourth-order valence-electron chi connectivity index (χ4n) is 3.36. The Kier molecular flexibility index (Phi) is 3.75. The Hall–Kier alpha value is -1.41. The van der Waals surface area contributed by atoms with Crippen LogP contribution in [0.5, 0.6) is 0 Å². The van der Waals surface area contributed by atoms with Gasteiger partial charge in [-0.3, -0.25) is 4.98 Å². The molecule has 3 rings (SSSR count). The van der Waals surface area contributed by atoms with E-state index in [1.165, 1.54) is 43.1 Å². The van der Waals surface area contributed by atoms with Gasteiger partial charge in [0, 0.05) is 23.2 Å². The van der Waals surface area contributed by atoms with E-state index in [1.54, 1.807) is 0 Å². The molecule has 1 aromatic carbocycles. The van der Waals surface area contributed by atoms with E-state index in [9.17, 15) is 0 Å². The molecule has 1 fully saturated rings. The molecule has 1 heterocycles. The third kappa shape index (κ3) is 2.85. The zero-order chi connectivity index (χ0) is 14.0. The summed E-state index contributed by atoms with van der Waals surface area (Å²) in [5, 5.41) is 5.09. The van der Waals surface area contributed by atoms with Crippen molar-refractivity contribution in [3.05, 3.63) is 41.6 Å². The van der Waals surface area contributed by atoms with Gasteiger partial charge in [-0.2, -0.15) is 0 Å². The normalized spacial score (nSPS) is 18.3. The number of nitrogens with zero attached hydrogens (tertiary/aromatic N) is 1. The summed E-state index contributed by atoms with van der Waals surface area (Å²) in [6.07, 6.45) is 6.72. The maximum atomic E-state index is 4.62. The Morgan fingerprint density at radius 2 is 1.90 bits per heavy atom. The zero-order valence-corrected chi connectivity index (χ0v) is 12.6. The summed E-state index contributed by atoms with van der Waals surface area (Å²) < 4.78 is 0. The summed E-state index contributed by atoms with van der Waals surface area (Å²) in [7, 11) is 0. The van der Waals surface area contributed by atoms with Gasteiger partial charge in [0.05, 0.1) is 5.52 Å². The largest absolute Gasteiger partial charge is 0.307 e. The number of para-hydroxylation sites is 1. The lowest BCUT2D eigenvalue weighted by Gasteiger charge is -2.35. The van der Waals surface area contributed by atoms with Crippen LogP contribution in [0.3, 0.4) is 0 Å². The average Bonchev–Trinajstić information content (AvgIpc) is 2.45. The van der Waals surface area contributed by atoms with Crippen LogP contribution in [-0.4, -0.2) is 10.5 Å². The highest BCUT2D eigenvalue weighted by molar-refractivity contribution is 5.82. The molecule has 0 saturated heterocycles. The van der Waals surface area contributed by atoms with E-state index < -0.39 is 0 Å². The summed E-state index contributed by atoms with van der Waals surface area (Å²) in [5.41, 5.74) is 3.91. The van der Waals surface area contributed by atoms with E-state index >= 15 is 0 Å². The minimum absolute atomic E-state index is 0.316. The van der Waals surface area contributed by atoms with Crippen molar-refractivity contribution in [3.8, 4) is 0 Å². The highest BCUT2D eigenvalue weighted by Crippen LogP contribution is 2.28. The Morgan fingerprint density at radius 1 is 1.15 bits per heavy atom. The van der Waals surface area contributed by atoms with E-state index in [1.807, 2.05) is 0 Å². The van der Waals surface area contributed by atoms with Gasteiger partial charge in [0.15, 0.2) is 0 Å². The van der Waals surface area contributed by atoms with Crippen molar-refractivity contribution in [2.24, 2.45) is 0 Å². The summed E-state index contributed by atoms with van der Waals surface area (Å²) in [4.78, 5) is 4.62. The van der Waals surface area contributed by atoms with Gasteiger partial charge in [0.2, 0.25) is 0 Å². The van der Waals surface area contributed by atoms with Gasteiger partial charge in [-0.05, 0) is 44.4 Å². The number of benzene rings is 1. The first-order valence-corrected chi connectivity index (χ1v) is 7.77. The van der Waals surface area contributed by atoms with E-state index in [0.717, 1.165) is 17.8 Å². The number of nitrogens with one attached hydrogen (secondary N) is 1. The summed E-state index contributed by atoms with van der Waals surface area (Å²) in [5.74, 6) is 0. The molecule has 1 aliphatic carbocycles. The number of pyridine rings is 1. The van der Waals surface area contributed by atoms with Gasteiger partial charge in [0.1, 0.15) is 0 Å². The molecule has 1 saturated carbocycles. The lowest BCUT2D eigenvalue weighted by molar-refractivity contribution is 0.253. The first-order valence-electron chi connectivity index (χ1n) is 7.77. The number of fused-ring (bicyclic) bond motifs is 1. The maximum Gasteiger partial charge on any atom is 0.0708 e. The maximum absolute atomic E-state index is 4.62. The molecular formula is C18H24N2. The van der Waals surface area contributed by atoms with Crippen LogP contribution in [0.4, 0.5) is 0 Å². The van der Waals surface area contributed by atoms with Gasteiger partial charge < -0.3 is 5.32 Å². The van der Waals surface area contributed by atoms with Crippen LogP contribution in [0.15, 0.2) is 30.3 Å². The monoisotopic (exact) mass is 268 g/mol. The molecule has 0 unspecified atom stereocenters. The molecule has 2 aromatic rings. The average molecular weight is 268 g/mol. The summed E-state index contributed by atoms with van der Waals surface area (Å²) in [6, 6.07) is 10.7. The smallest absolute Gasteiger partial charge is 0.0708 e. The van der Waals surface area contributed by atoms with E-state index in [4.69, 9.17) is 0 Å². The van der Waals surface area contributed by atoms with Crippen molar-refractivity contribution in [1.29, 1.82) is 0 Å². The first kappa shape index (κ1) is 13.6. The number of rotatable bonds is 3. The molecule has 0 spiro atoms. The van der Waals surface area contributed by atoms with Crippen molar-refractivity contribution in [2.45, 2.75) is 58.0 Å². The topological polar surface area (TPSA) is 24.9 Å². The SMILES string of the molecule is Cc1cc(CNC2(C)CCCCC2)c2ccccc2n1. The summed E-state index contributed by atoms with van der Waals surface area (Å²) in [6.45, 7) is 5.40. The van der Waals surface area contributed by atoms with Crippen molar-refractivity contribution in [2.75, 3.05) is 0 Å². The predicted molar refractivity (Wildman–Crippen MR) is 84.8 cm³/mol. The van der Waals surface area contributed by atoms with Gasteiger partial charge in [-0.25, -0.2) is 0 Å². The molecule has 106 valence electrons. The molecule has 1 aliphatic rings. The second kappa shape index (κ2) is 5.53. The van der Waals surface area contributed by atoms with Crippen molar-refractivity contribution in [1.82, 2.24) is 10.3 Å². The number of hydrogen-bond donors (Lipinski definition) is 1. The number of aryl methyl sites for hydroxylation is 1. The first-order chi connectivity index (χ1) is 9.66. The summed E-state index contributed by atoms with van der Waals surface area (Å²) >= 11 is 0. The number of aromatic nitrogens is 1. The molecular weight excluding hydrogens is 244 g/mol. The van der Waals surface area contributed by atoms with Crippen LogP contribution in [-0.2, 0) is 6.54 Å². The van der Waals surface area contributed by atoms with Crippen molar-refractivity contribution in [3.63, 3.8) is 0 Å². The Morgan fingerprint density at radius 3 is 2.70 bits per heavy atom. The van der Waals surface area contributed by atoms with Crippen LogP contribution in [0, 0.1) is 6.92 Å². The van der Waals surface area contributed by atoms with E-state index in [-0.39, 0.29) is 0 Å². The zero-order valence-electron chi connectivity index (χ0n) is 12.6. The van der Waals surface area contributed by atoms with Gasteiger partial charge >= 0.3 is 0 Å². The van der Waals surface area contributed by atoms with Crippen molar-refractivity contribution < 1.29 is 0 Å². The molecule has 20 heavy (non-hydrogen) atoms. The minimum Gasteiger partial charge on any atom is -0.307 e. The Bertz CT molecular complexity index is 597. The fraction of sp³-hybridized carbons (Fsp3) is 0.500. The van der Waals surface area contributed by atoms with E-state index in [2.05, 4.69) is 54.5 Å². The Labute approximate surface area is 121 Å². The second-order valence-corrected chi connectivity index (χ2v) is 6.41. The van der Waals surface area contributed by atoms with Crippen LogP contribution in [0.25, 0.3) is 10.9 Å². The molecule has 0 bridgehead atoms. The molecule has 2 nitrogen and oxygen atoms in total. The molecule has 0 atom stereocenters. The molecule has 2 heteroatoms. The third-order valence-corrected chi connectivity index (χ3v) is 4.59. The minimum atomic E-state index is 0.316. The Balaban J connectivity index is 1.83. The fourth-order valence-corrected chi connectivity index (χ4v) is 3.36. The third-order valence-electron chi connectivity index (χ3n) is 4.59. The predicted octanol–water partition coefficient (Wildman–Crippen LogP) is 4.36. The van der Waals surface area contributed by atoms with E-state index in [0.29, 0.717) is 5.54 Å². The molecule has 1 N–H and O–H groups in total. The molecule has 0 amide bonds. The van der Waals surface area contributed by atoms with Crippen LogP contribution in [0.2, 0.25) is 0 Å². The van der Waals surface area contributed by atoms with Crippen LogP contribution in [0.1, 0.15) is 50.3 Å². The van der Waals surface area contributed by atoms with Crippen molar-refractivity contribution >= 4 is 10.9 Å². The lowest BCUT2D eigenvalue weighted by atomic mass is 9.83. The highest BCUT2D eigenvalue weighted by atomic mass is 15.0. The van der Waals surface area contributed by atoms with Gasteiger partial charge in [-0.1, -0.05) is 37.5 Å². The second-order valence-electron chi connectivity index (χ2n) is 6.41. The molecule has 0 aliphatic heterocycles. The van der Waals surface area contributed by atoms with Gasteiger partial charge in [-0.15, -0.1) is 0 Å². The highest BCUT2D eigenvalue weighted by Gasteiger charge is 2.25. The number of hydrogen-bond acceptors (Lipinski definition) is 2. The standard InChI is InChI=1S/C18H24N2/c1-14-12-15(16-8-4-5-9-17(16)20-14)13-19-18(2)10-6-3-7-11-18/h4-5,8-9,12,19H,3,6-7,10-11,13H2,1-2H3. The van der Waals surface area contributed by atoms with Gasteiger partial charge in [0.25, 0.3) is 0 Å². The van der Waals surface area contributed by atoms with Crippen LogP contribution >= 0.6 is 0 Å². The lowest BCUT2D eigenvalue weighted by Crippen LogP contribution is -2.43. The van der Waals surface area contributed by atoms with Crippen LogP contribution < -0.4 is 5.32 Å². The molecule has 0 radical (unpaired) electrons. The molecule has 1 aromatic heterocycles.